The van der Waals surface area contributed by atoms with Gasteiger partial charge in [-0.25, -0.2) is 4.79 Å². The molecule has 3 fully saturated rings. The maximum absolute atomic E-state index is 12.7. The van der Waals surface area contributed by atoms with Gasteiger partial charge in [-0.3, -0.25) is 4.79 Å². The van der Waals surface area contributed by atoms with E-state index in [0.29, 0.717) is 12.0 Å². The highest BCUT2D eigenvalue weighted by Crippen LogP contribution is 2.58. The van der Waals surface area contributed by atoms with Crippen LogP contribution >= 0.6 is 0 Å². The van der Waals surface area contributed by atoms with E-state index in [1.807, 2.05) is 20.8 Å². The van der Waals surface area contributed by atoms with Crippen molar-refractivity contribution in [3.05, 3.63) is 23.3 Å². The van der Waals surface area contributed by atoms with Crippen molar-refractivity contribution in [3.8, 4) is 0 Å². The average Bonchev–Trinajstić information content (AvgIpc) is 2.69. The molecule has 2 aliphatic carbocycles. The lowest BCUT2D eigenvalue weighted by Crippen LogP contribution is -2.60. The Kier molecular flexibility index (Phi) is 4.13. The fourth-order valence-electron chi connectivity index (χ4n) is 4.80. The number of allylic oxidation sites excluding steroid dienone is 2. The van der Waals surface area contributed by atoms with E-state index in [1.54, 1.807) is 13.0 Å². The number of ether oxygens (including phenoxy) is 2. The van der Waals surface area contributed by atoms with Gasteiger partial charge < -0.3 is 9.47 Å². The van der Waals surface area contributed by atoms with E-state index in [2.05, 4.69) is 13.0 Å². The Labute approximate surface area is 144 Å². The first-order chi connectivity index (χ1) is 11.2. The molecular formula is C20H28O4. The zero-order valence-electron chi connectivity index (χ0n) is 15.3. The van der Waals surface area contributed by atoms with Gasteiger partial charge >= 0.3 is 11.9 Å². The van der Waals surface area contributed by atoms with Crippen LogP contribution in [0.2, 0.25) is 0 Å². The summed E-state index contributed by atoms with van der Waals surface area (Å²) in [6, 6.07) is 0. The molecule has 4 nitrogen and oxygen atoms in total. The minimum Gasteiger partial charge on any atom is -0.458 e. The Balaban J connectivity index is 2.01. The van der Waals surface area contributed by atoms with E-state index >= 15 is 0 Å². The molecular weight excluding hydrogens is 304 g/mol. The van der Waals surface area contributed by atoms with Gasteiger partial charge in [0.2, 0.25) is 0 Å². The highest BCUT2D eigenvalue weighted by molar-refractivity contribution is 5.87. The number of rotatable bonds is 2. The normalized spacial score (nSPS) is 41.9. The molecule has 4 aliphatic rings. The molecule has 0 aromatic rings. The van der Waals surface area contributed by atoms with Gasteiger partial charge in [0.05, 0.1) is 5.41 Å². The van der Waals surface area contributed by atoms with Gasteiger partial charge in [-0.1, -0.05) is 17.7 Å². The minimum absolute atomic E-state index is 0.0278. The summed E-state index contributed by atoms with van der Waals surface area (Å²) in [6.07, 6.45) is 7.12. The standard InChI is InChI=1S/C20H28O4/c1-6-13(3)17(21)23-15-11-12(2)10-14-16(15)20(5)9-7-8-19(14,4)18(22)24-20/h6,10,14-16H,7-9,11H2,1-5H3/b13-6-/t14-,15+,16+,19+,20-/m1/s1. The van der Waals surface area contributed by atoms with Gasteiger partial charge in [-0.2, -0.15) is 0 Å². The molecule has 2 bridgehead atoms. The molecule has 0 aromatic carbocycles. The SMILES string of the molecule is C/C=C(/C)C(=O)O[C@H]1CC(C)=C[C@@H]2[C@@H]1[C@@]1(C)CCC[C@]2(C)C(=O)O1. The number of fused-ring (bicyclic) bond motifs is 3. The van der Waals surface area contributed by atoms with Crippen LogP contribution < -0.4 is 0 Å². The van der Waals surface area contributed by atoms with Crippen molar-refractivity contribution in [2.24, 2.45) is 17.3 Å². The Morgan fingerprint density at radius 3 is 2.75 bits per heavy atom. The van der Waals surface area contributed by atoms with E-state index in [1.165, 1.54) is 5.57 Å². The zero-order chi connectivity index (χ0) is 17.7. The lowest BCUT2D eigenvalue weighted by atomic mass is 9.59. The molecule has 5 atom stereocenters. The molecule has 2 saturated heterocycles. The van der Waals surface area contributed by atoms with Crippen molar-refractivity contribution in [3.63, 3.8) is 0 Å². The summed E-state index contributed by atoms with van der Waals surface area (Å²) in [5.41, 5.74) is 0.745. The smallest absolute Gasteiger partial charge is 0.333 e. The van der Waals surface area contributed by atoms with Gasteiger partial charge in [0.1, 0.15) is 11.7 Å². The lowest BCUT2D eigenvalue weighted by molar-refractivity contribution is -0.211. The lowest BCUT2D eigenvalue weighted by Gasteiger charge is -2.53. The van der Waals surface area contributed by atoms with Crippen LogP contribution in [-0.4, -0.2) is 23.6 Å². The first kappa shape index (κ1) is 17.2. The molecule has 24 heavy (non-hydrogen) atoms. The maximum Gasteiger partial charge on any atom is 0.333 e. The van der Waals surface area contributed by atoms with Gasteiger partial charge in [0.25, 0.3) is 0 Å². The first-order valence-electron chi connectivity index (χ1n) is 8.96. The summed E-state index contributed by atoms with van der Waals surface area (Å²) in [4.78, 5) is 25.0. The van der Waals surface area contributed by atoms with Crippen molar-refractivity contribution < 1.29 is 19.1 Å². The fourth-order valence-corrected chi connectivity index (χ4v) is 4.80. The van der Waals surface area contributed by atoms with E-state index in [0.717, 1.165) is 19.3 Å². The number of hydrogen-bond acceptors (Lipinski definition) is 4. The summed E-state index contributed by atoms with van der Waals surface area (Å²) in [5.74, 6) is -0.260. The Hall–Kier alpha value is -1.58. The molecule has 0 N–H and O–H groups in total. The molecule has 0 amide bonds. The van der Waals surface area contributed by atoms with Crippen LogP contribution in [0.3, 0.4) is 0 Å². The highest BCUT2D eigenvalue weighted by Gasteiger charge is 2.63. The van der Waals surface area contributed by atoms with Crippen molar-refractivity contribution in [1.29, 1.82) is 0 Å². The quantitative estimate of drug-likeness (QED) is 0.436. The number of carbonyl (C=O) groups is 2. The van der Waals surface area contributed by atoms with Gasteiger partial charge in [-0.05, 0) is 53.9 Å². The Morgan fingerprint density at radius 1 is 1.38 bits per heavy atom. The van der Waals surface area contributed by atoms with Crippen molar-refractivity contribution in [1.82, 2.24) is 0 Å². The van der Waals surface area contributed by atoms with E-state index < -0.39 is 11.0 Å². The van der Waals surface area contributed by atoms with Crippen molar-refractivity contribution >= 4 is 11.9 Å². The van der Waals surface area contributed by atoms with Crippen LogP contribution in [0.4, 0.5) is 0 Å². The van der Waals surface area contributed by atoms with E-state index in [-0.39, 0.29) is 29.9 Å². The zero-order valence-corrected chi connectivity index (χ0v) is 15.3. The molecule has 4 rings (SSSR count). The molecule has 0 unspecified atom stereocenters. The molecule has 0 radical (unpaired) electrons. The van der Waals surface area contributed by atoms with Gasteiger partial charge in [0, 0.05) is 23.8 Å². The fraction of sp³-hybridized carbons (Fsp3) is 0.700. The molecule has 0 spiro atoms. The second-order valence-electron chi connectivity index (χ2n) is 8.16. The predicted octanol–water partition coefficient (Wildman–Crippen LogP) is 3.95. The minimum atomic E-state index is -0.552. The molecule has 0 aromatic heterocycles. The number of esters is 2. The summed E-state index contributed by atoms with van der Waals surface area (Å²) in [6.45, 7) is 9.71. The second-order valence-corrected chi connectivity index (χ2v) is 8.16. The summed E-state index contributed by atoms with van der Waals surface area (Å²) >= 11 is 0. The molecule has 2 heterocycles. The van der Waals surface area contributed by atoms with Crippen LogP contribution in [0.25, 0.3) is 0 Å². The van der Waals surface area contributed by atoms with Crippen LogP contribution in [-0.2, 0) is 19.1 Å². The molecule has 2 aliphatic heterocycles. The average molecular weight is 332 g/mol. The monoisotopic (exact) mass is 332 g/mol. The third-order valence-corrected chi connectivity index (χ3v) is 6.39. The predicted molar refractivity (Wildman–Crippen MR) is 91.1 cm³/mol. The van der Waals surface area contributed by atoms with Gasteiger partial charge in [0.15, 0.2) is 0 Å². The highest BCUT2D eigenvalue weighted by atomic mass is 16.6. The number of hydrogen-bond donors (Lipinski definition) is 0. The summed E-state index contributed by atoms with van der Waals surface area (Å²) in [7, 11) is 0. The number of carbonyl (C=O) groups excluding carboxylic acids is 2. The third-order valence-electron chi connectivity index (χ3n) is 6.39. The van der Waals surface area contributed by atoms with Crippen molar-refractivity contribution in [2.45, 2.75) is 72.0 Å². The Morgan fingerprint density at radius 2 is 2.08 bits per heavy atom. The third kappa shape index (κ3) is 2.51. The summed E-state index contributed by atoms with van der Waals surface area (Å²) < 4.78 is 11.8. The Bertz CT molecular complexity index is 632. The molecule has 4 heteroatoms. The first-order valence-corrected chi connectivity index (χ1v) is 8.96. The van der Waals surface area contributed by atoms with Crippen LogP contribution in [0.1, 0.15) is 60.3 Å². The van der Waals surface area contributed by atoms with Crippen LogP contribution in [0.15, 0.2) is 23.3 Å². The molecule has 132 valence electrons. The van der Waals surface area contributed by atoms with E-state index in [4.69, 9.17) is 9.47 Å². The van der Waals surface area contributed by atoms with Crippen LogP contribution in [0, 0.1) is 17.3 Å². The topological polar surface area (TPSA) is 52.6 Å². The van der Waals surface area contributed by atoms with Crippen LogP contribution in [0.5, 0.6) is 0 Å². The largest absolute Gasteiger partial charge is 0.458 e. The second kappa shape index (κ2) is 5.75. The summed E-state index contributed by atoms with van der Waals surface area (Å²) in [5, 5.41) is 0. The van der Waals surface area contributed by atoms with Crippen molar-refractivity contribution in [2.75, 3.05) is 0 Å². The molecule has 1 saturated carbocycles. The van der Waals surface area contributed by atoms with Gasteiger partial charge in [-0.15, -0.1) is 0 Å². The van der Waals surface area contributed by atoms with E-state index in [9.17, 15) is 9.59 Å². The maximum atomic E-state index is 12.7.